The van der Waals surface area contributed by atoms with Crippen molar-refractivity contribution in [3.8, 4) is 6.07 Å². The molecule has 1 aliphatic rings. The minimum Gasteiger partial charge on any atom is -0.368 e. The van der Waals surface area contributed by atoms with E-state index in [1.807, 2.05) is 25.4 Å². The summed E-state index contributed by atoms with van der Waals surface area (Å²) in [6.45, 7) is 1.91. The molecule has 2 heteroatoms. The lowest BCUT2D eigenvalue weighted by molar-refractivity contribution is 0.818. The summed E-state index contributed by atoms with van der Waals surface area (Å²) in [6, 6.07) is 2.19. The van der Waals surface area contributed by atoms with Gasteiger partial charge in [0.1, 0.15) is 0 Å². The van der Waals surface area contributed by atoms with Crippen LogP contribution >= 0.6 is 0 Å². The maximum atomic E-state index is 8.54. The third-order valence-electron chi connectivity index (χ3n) is 1.59. The summed E-state index contributed by atoms with van der Waals surface area (Å²) < 4.78 is 0. The van der Waals surface area contributed by atoms with E-state index < -0.39 is 0 Å². The largest absolute Gasteiger partial charge is 0.368 e. The zero-order chi connectivity index (χ0) is 7.40. The predicted molar refractivity (Wildman–Crippen MR) is 39.8 cm³/mol. The summed E-state index contributed by atoms with van der Waals surface area (Å²) in [6.07, 6.45) is 6.70. The first kappa shape index (κ1) is 6.88. The topological polar surface area (TPSA) is 35.8 Å². The highest BCUT2D eigenvalue weighted by Crippen LogP contribution is 2.14. The molecule has 0 aromatic heterocycles. The third kappa shape index (κ3) is 1.38. The molecule has 1 atom stereocenters. The van der Waals surface area contributed by atoms with Crippen molar-refractivity contribution in [3.63, 3.8) is 0 Å². The second kappa shape index (κ2) is 3.07. The molecule has 0 saturated carbocycles. The second-order valence-corrected chi connectivity index (χ2v) is 2.34. The van der Waals surface area contributed by atoms with E-state index in [2.05, 4.69) is 11.4 Å². The molecule has 0 aliphatic carbocycles. The van der Waals surface area contributed by atoms with Crippen LogP contribution in [0.25, 0.3) is 0 Å². The van der Waals surface area contributed by atoms with Crippen LogP contribution in [-0.2, 0) is 0 Å². The van der Waals surface area contributed by atoms with E-state index in [4.69, 9.17) is 5.26 Å². The van der Waals surface area contributed by atoms with Gasteiger partial charge in [-0.15, -0.1) is 0 Å². The van der Waals surface area contributed by atoms with E-state index in [1.165, 1.54) is 0 Å². The van der Waals surface area contributed by atoms with Crippen molar-refractivity contribution in [1.29, 1.82) is 5.26 Å². The molecule has 0 bridgehead atoms. The van der Waals surface area contributed by atoms with Crippen LogP contribution in [0.4, 0.5) is 0 Å². The fourth-order valence-corrected chi connectivity index (χ4v) is 0.862. The molecule has 0 fully saturated rings. The lowest BCUT2D eigenvalue weighted by atomic mass is 10.00. The molecule has 52 valence electrons. The summed E-state index contributed by atoms with van der Waals surface area (Å²) in [7, 11) is 0. The molecule has 1 heterocycles. The van der Waals surface area contributed by atoms with Gasteiger partial charge in [0.15, 0.2) is 0 Å². The van der Waals surface area contributed by atoms with Crippen LogP contribution in [0.1, 0.15) is 13.3 Å². The van der Waals surface area contributed by atoms with Crippen molar-refractivity contribution in [2.75, 3.05) is 0 Å². The highest BCUT2D eigenvalue weighted by molar-refractivity contribution is 5.19. The van der Waals surface area contributed by atoms with Crippen LogP contribution in [0, 0.1) is 17.2 Å². The average Bonchev–Trinajstić information content (AvgIpc) is 2.05. The summed E-state index contributed by atoms with van der Waals surface area (Å²) in [5, 5.41) is 11.5. The van der Waals surface area contributed by atoms with Gasteiger partial charge in [-0.2, -0.15) is 5.26 Å². The molecule has 2 nitrogen and oxygen atoms in total. The summed E-state index contributed by atoms with van der Waals surface area (Å²) in [5.41, 5.74) is 1.16. The molecule has 1 rings (SSSR count). The molecule has 1 unspecified atom stereocenters. The average molecular weight is 134 g/mol. The van der Waals surface area contributed by atoms with Gasteiger partial charge in [0.2, 0.25) is 0 Å². The molecule has 0 amide bonds. The van der Waals surface area contributed by atoms with Gasteiger partial charge in [-0.3, -0.25) is 0 Å². The maximum absolute atomic E-state index is 8.54. The van der Waals surface area contributed by atoms with Crippen LogP contribution in [0.5, 0.6) is 0 Å². The highest BCUT2D eigenvalue weighted by Gasteiger charge is 2.06. The Morgan fingerprint density at radius 2 is 2.60 bits per heavy atom. The van der Waals surface area contributed by atoms with Crippen LogP contribution in [0.3, 0.4) is 0 Å². The Hall–Kier alpha value is -1.23. The Morgan fingerprint density at radius 1 is 1.80 bits per heavy atom. The molecule has 0 aromatic rings. The molecular weight excluding hydrogens is 124 g/mol. The SMILES string of the molecule is CC(C#N)C1=CNC=CC1. The van der Waals surface area contributed by atoms with E-state index in [0.29, 0.717) is 0 Å². The van der Waals surface area contributed by atoms with E-state index in [0.717, 1.165) is 12.0 Å². The van der Waals surface area contributed by atoms with Crippen LogP contribution in [0.15, 0.2) is 24.0 Å². The molecule has 10 heavy (non-hydrogen) atoms. The van der Waals surface area contributed by atoms with Crippen molar-refractivity contribution in [2.24, 2.45) is 5.92 Å². The lowest BCUT2D eigenvalue weighted by Crippen LogP contribution is -2.05. The number of nitrogens with zero attached hydrogens (tertiary/aromatic N) is 1. The van der Waals surface area contributed by atoms with Gasteiger partial charge < -0.3 is 5.32 Å². The Kier molecular flexibility index (Phi) is 2.11. The normalized spacial score (nSPS) is 18.6. The fourth-order valence-electron chi connectivity index (χ4n) is 0.862. The van der Waals surface area contributed by atoms with Gasteiger partial charge in [-0.1, -0.05) is 6.08 Å². The summed E-state index contributed by atoms with van der Waals surface area (Å²) in [5.74, 6) is 0.0393. The number of dihydropyridines is 1. The van der Waals surface area contributed by atoms with Gasteiger partial charge in [-0.05, 0) is 25.1 Å². The van der Waals surface area contributed by atoms with Crippen molar-refractivity contribution >= 4 is 0 Å². The van der Waals surface area contributed by atoms with Gasteiger partial charge in [-0.25, -0.2) is 0 Å². The molecule has 1 aliphatic heterocycles. The number of allylic oxidation sites excluding steroid dienone is 2. The van der Waals surface area contributed by atoms with Gasteiger partial charge in [0.25, 0.3) is 0 Å². The van der Waals surface area contributed by atoms with Gasteiger partial charge in [0.05, 0.1) is 12.0 Å². The van der Waals surface area contributed by atoms with Crippen molar-refractivity contribution in [2.45, 2.75) is 13.3 Å². The molecular formula is C8H10N2. The lowest BCUT2D eigenvalue weighted by Gasteiger charge is -2.09. The Morgan fingerprint density at radius 3 is 3.10 bits per heavy atom. The van der Waals surface area contributed by atoms with Crippen molar-refractivity contribution in [1.82, 2.24) is 5.32 Å². The molecule has 1 N–H and O–H groups in total. The highest BCUT2D eigenvalue weighted by atomic mass is 14.8. The van der Waals surface area contributed by atoms with Crippen LogP contribution in [-0.4, -0.2) is 0 Å². The van der Waals surface area contributed by atoms with Crippen molar-refractivity contribution < 1.29 is 0 Å². The van der Waals surface area contributed by atoms with Crippen molar-refractivity contribution in [3.05, 3.63) is 24.0 Å². The minimum atomic E-state index is 0.0393. The maximum Gasteiger partial charge on any atom is 0.0698 e. The predicted octanol–water partition coefficient (Wildman–Crippen LogP) is 1.54. The quantitative estimate of drug-likeness (QED) is 0.590. The zero-order valence-corrected chi connectivity index (χ0v) is 5.96. The van der Waals surface area contributed by atoms with Gasteiger partial charge in [0, 0.05) is 6.20 Å². The number of rotatable bonds is 1. The van der Waals surface area contributed by atoms with E-state index >= 15 is 0 Å². The summed E-state index contributed by atoms with van der Waals surface area (Å²) in [4.78, 5) is 0. The minimum absolute atomic E-state index is 0.0393. The number of hydrogen-bond donors (Lipinski definition) is 1. The Balaban J connectivity index is 2.58. The van der Waals surface area contributed by atoms with E-state index in [9.17, 15) is 0 Å². The van der Waals surface area contributed by atoms with E-state index in [1.54, 1.807) is 0 Å². The first-order valence-electron chi connectivity index (χ1n) is 3.34. The zero-order valence-electron chi connectivity index (χ0n) is 5.96. The summed E-state index contributed by atoms with van der Waals surface area (Å²) >= 11 is 0. The van der Waals surface area contributed by atoms with Crippen LogP contribution in [0.2, 0.25) is 0 Å². The Bertz CT molecular complexity index is 208. The monoisotopic (exact) mass is 134 g/mol. The number of hydrogen-bond acceptors (Lipinski definition) is 2. The molecule has 0 radical (unpaired) electrons. The third-order valence-corrected chi connectivity index (χ3v) is 1.59. The van der Waals surface area contributed by atoms with E-state index in [-0.39, 0.29) is 5.92 Å². The number of nitriles is 1. The molecule has 0 saturated heterocycles. The first-order valence-corrected chi connectivity index (χ1v) is 3.34. The molecule has 0 spiro atoms. The smallest absolute Gasteiger partial charge is 0.0698 e. The standard InChI is InChI=1S/C8H10N2/c1-7(5-9)8-3-2-4-10-6-8/h2,4,6-7,10H,3H2,1H3. The molecule has 0 aromatic carbocycles. The fraction of sp³-hybridized carbons (Fsp3) is 0.375. The van der Waals surface area contributed by atoms with Crippen LogP contribution < -0.4 is 5.32 Å². The second-order valence-electron chi connectivity index (χ2n) is 2.34. The number of nitrogens with one attached hydrogen (secondary N) is 1. The van der Waals surface area contributed by atoms with Gasteiger partial charge >= 0.3 is 0 Å². The first-order chi connectivity index (χ1) is 4.84. The Labute approximate surface area is 60.9 Å².